The Morgan fingerprint density at radius 1 is 1.25 bits per heavy atom. The van der Waals surface area contributed by atoms with Crippen molar-refractivity contribution in [2.45, 2.75) is 25.8 Å². The molecular weight excluding hydrogens is 357 g/mol. The van der Waals surface area contributed by atoms with E-state index in [0.717, 1.165) is 13.0 Å². The zero-order chi connectivity index (χ0) is 19.5. The Kier molecular flexibility index (Phi) is 5.16. The quantitative estimate of drug-likeness (QED) is 0.715. The third kappa shape index (κ3) is 3.53. The molecular formula is C21H22FN5O. The highest BCUT2D eigenvalue weighted by molar-refractivity contribution is 5.90. The summed E-state index contributed by atoms with van der Waals surface area (Å²) in [6.45, 7) is 3.20. The van der Waals surface area contributed by atoms with Gasteiger partial charge >= 0.3 is 0 Å². The number of hydrogen-bond acceptors (Lipinski definition) is 4. The SMILES string of the molecule is CCc1nc(C(=O)NCC2NCCc3ccccc32)nn1-c1ccccc1F. The van der Waals surface area contributed by atoms with Crippen LogP contribution in [-0.4, -0.2) is 33.8 Å². The average Bonchev–Trinajstić information content (AvgIpc) is 3.16. The molecule has 1 aliphatic rings. The van der Waals surface area contributed by atoms with Gasteiger partial charge in [0.2, 0.25) is 5.82 Å². The van der Waals surface area contributed by atoms with Crippen LogP contribution in [-0.2, 0) is 12.8 Å². The lowest BCUT2D eigenvalue weighted by molar-refractivity contribution is 0.0938. The standard InChI is InChI=1S/C21H22FN5O/c1-2-19-25-20(26-27(19)18-10-6-5-9-16(18)22)21(28)24-13-17-15-8-4-3-7-14(15)11-12-23-17/h3-10,17,23H,2,11-13H2,1H3,(H,24,28). The van der Waals surface area contributed by atoms with Gasteiger partial charge in [0.25, 0.3) is 5.91 Å². The fraction of sp³-hybridized carbons (Fsp3) is 0.286. The average molecular weight is 379 g/mol. The summed E-state index contributed by atoms with van der Waals surface area (Å²) in [7, 11) is 0. The van der Waals surface area contributed by atoms with Crippen molar-refractivity contribution in [3.8, 4) is 5.69 Å². The van der Waals surface area contributed by atoms with Crippen LogP contribution < -0.4 is 10.6 Å². The van der Waals surface area contributed by atoms with Gasteiger partial charge in [-0.25, -0.2) is 14.1 Å². The molecule has 0 saturated carbocycles. The maximum atomic E-state index is 14.1. The molecule has 7 heteroatoms. The molecule has 2 N–H and O–H groups in total. The van der Waals surface area contributed by atoms with Gasteiger partial charge in [0.1, 0.15) is 17.3 Å². The topological polar surface area (TPSA) is 71.8 Å². The molecule has 3 aromatic rings. The van der Waals surface area contributed by atoms with Gasteiger partial charge in [0.15, 0.2) is 0 Å². The van der Waals surface area contributed by atoms with Gasteiger partial charge in [-0.05, 0) is 36.2 Å². The van der Waals surface area contributed by atoms with Crippen LogP contribution in [0.2, 0.25) is 0 Å². The normalized spacial score (nSPS) is 15.9. The smallest absolute Gasteiger partial charge is 0.291 e. The van der Waals surface area contributed by atoms with Crippen molar-refractivity contribution in [2.75, 3.05) is 13.1 Å². The van der Waals surface area contributed by atoms with Gasteiger partial charge in [-0.2, -0.15) is 0 Å². The first-order valence-corrected chi connectivity index (χ1v) is 9.47. The van der Waals surface area contributed by atoms with Crippen LogP contribution in [0.3, 0.4) is 0 Å². The molecule has 0 bridgehead atoms. The van der Waals surface area contributed by atoms with Crippen LogP contribution in [0.5, 0.6) is 0 Å². The van der Waals surface area contributed by atoms with Gasteiger partial charge in [-0.1, -0.05) is 43.3 Å². The molecule has 2 heterocycles. The van der Waals surface area contributed by atoms with E-state index in [9.17, 15) is 9.18 Å². The van der Waals surface area contributed by atoms with Crippen LogP contribution >= 0.6 is 0 Å². The monoisotopic (exact) mass is 379 g/mol. The molecule has 4 rings (SSSR count). The van der Waals surface area contributed by atoms with Crippen LogP contribution in [0.25, 0.3) is 5.69 Å². The van der Waals surface area contributed by atoms with E-state index in [-0.39, 0.29) is 23.5 Å². The Bertz CT molecular complexity index is 1000. The number of carbonyl (C=O) groups is 1. The summed E-state index contributed by atoms with van der Waals surface area (Å²) in [4.78, 5) is 16.9. The maximum absolute atomic E-state index is 14.1. The van der Waals surface area contributed by atoms with Crippen molar-refractivity contribution in [1.82, 2.24) is 25.4 Å². The van der Waals surface area contributed by atoms with Gasteiger partial charge in [-0.3, -0.25) is 4.79 Å². The second-order valence-electron chi connectivity index (χ2n) is 6.73. The summed E-state index contributed by atoms with van der Waals surface area (Å²) in [5.41, 5.74) is 2.79. The van der Waals surface area contributed by atoms with Crippen molar-refractivity contribution in [1.29, 1.82) is 0 Å². The number of fused-ring (bicyclic) bond motifs is 1. The molecule has 1 atom stereocenters. The third-order valence-corrected chi connectivity index (χ3v) is 4.96. The summed E-state index contributed by atoms with van der Waals surface area (Å²) in [6.07, 6.45) is 1.52. The van der Waals surface area contributed by atoms with E-state index in [4.69, 9.17) is 0 Å². The largest absolute Gasteiger partial charge is 0.347 e. The number of rotatable bonds is 5. The molecule has 0 aliphatic carbocycles. The molecule has 0 saturated heterocycles. The Hall–Kier alpha value is -3.06. The Labute approximate surface area is 162 Å². The molecule has 6 nitrogen and oxygen atoms in total. The summed E-state index contributed by atoms with van der Waals surface area (Å²) >= 11 is 0. The van der Waals surface area contributed by atoms with Crippen LogP contribution in [0.4, 0.5) is 4.39 Å². The van der Waals surface area contributed by atoms with Crippen molar-refractivity contribution < 1.29 is 9.18 Å². The van der Waals surface area contributed by atoms with E-state index < -0.39 is 5.82 Å². The van der Waals surface area contributed by atoms with Crippen LogP contribution in [0.15, 0.2) is 48.5 Å². The fourth-order valence-electron chi connectivity index (χ4n) is 3.53. The Balaban J connectivity index is 1.51. The first-order valence-electron chi connectivity index (χ1n) is 9.47. The van der Waals surface area contributed by atoms with E-state index in [1.54, 1.807) is 18.2 Å². The highest BCUT2D eigenvalue weighted by Crippen LogP contribution is 2.22. The van der Waals surface area contributed by atoms with E-state index in [0.29, 0.717) is 18.8 Å². The second kappa shape index (κ2) is 7.90. The van der Waals surface area contributed by atoms with E-state index in [2.05, 4.69) is 32.8 Å². The molecule has 0 radical (unpaired) electrons. The fourth-order valence-corrected chi connectivity index (χ4v) is 3.53. The number of hydrogen-bond donors (Lipinski definition) is 2. The van der Waals surface area contributed by atoms with Crippen molar-refractivity contribution in [3.63, 3.8) is 0 Å². The first kappa shape index (κ1) is 18.3. The second-order valence-corrected chi connectivity index (χ2v) is 6.73. The number of para-hydroxylation sites is 1. The number of aryl methyl sites for hydroxylation is 1. The molecule has 1 amide bonds. The Morgan fingerprint density at radius 2 is 2.04 bits per heavy atom. The third-order valence-electron chi connectivity index (χ3n) is 4.96. The minimum absolute atomic E-state index is 0.0456. The molecule has 0 fully saturated rings. The molecule has 1 aliphatic heterocycles. The highest BCUT2D eigenvalue weighted by Gasteiger charge is 2.22. The van der Waals surface area contributed by atoms with E-state index in [1.165, 1.54) is 21.9 Å². The molecule has 1 aromatic heterocycles. The van der Waals surface area contributed by atoms with Crippen LogP contribution in [0.1, 0.15) is 40.5 Å². The zero-order valence-corrected chi connectivity index (χ0v) is 15.7. The number of benzene rings is 2. The van der Waals surface area contributed by atoms with Gasteiger partial charge in [0.05, 0.1) is 0 Å². The van der Waals surface area contributed by atoms with Crippen molar-refractivity contribution in [2.24, 2.45) is 0 Å². The Morgan fingerprint density at radius 3 is 2.86 bits per heavy atom. The lowest BCUT2D eigenvalue weighted by Crippen LogP contribution is -2.39. The predicted molar refractivity (Wildman–Crippen MR) is 104 cm³/mol. The zero-order valence-electron chi connectivity index (χ0n) is 15.7. The summed E-state index contributed by atoms with van der Waals surface area (Å²) in [5, 5.41) is 10.6. The lowest BCUT2D eigenvalue weighted by atomic mass is 9.94. The number of nitrogens with one attached hydrogen (secondary N) is 2. The molecule has 144 valence electrons. The van der Waals surface area contributed by atoms with Crippen LogP contribution in [0, 0.1) is 5.82 Å². The first-order chi connectivity index (χ1) is 13.7. The van der Waals surface area contributed by atoms with Gasteiger partial charge < -0.3 is 10.6 Å². The predicted octanol–water partition coefficient (Wildman–Crippen LogP) is 2.59. The summed E-state index contributed by atoms with van der Waals surface area (Å²) < 4.78 is 15.5. The van der Waals surface area contributed by atoms with Gasteiger partial charge in [-0.15, -0.1) is 5.10 Å². The molecule has 1 unspecified atom stereocenters. The molecule has 0 spiro atoms. The molecule has 2 aromatic carbocycles. The van der Waals surface area contributed by atoms with Crippen molar-refractivity contribution in [3.05, 3.63) is 77.1 Å². The molecule has 28 heavy (non-hydrogen) atoms. The minimum Gasteiger partial charge on any atom is -0.347 e. The number of nitrogens with zero attached hydrogens (tertiary/aromatic N) is 3. The lowest BCUT2D eigenvalue weighted by Gasteiger charge is -2.26. The minimum atomic E-state index is -0.405. The van der Waals surface area contributed by atoms with Gasteiger partial charge in [0, 0.05) is 19.0 Å². The highest BCUT2D eigenvalue weighted by atomic mass is 19.1. The maximum Gasteiger partial charge on any atom is 0.291 e. The van der Waals surface area contributed by atoms with E-state index >= 15 is 0 Å². The number of carbonyl (C=O) groups excluding carboxylic acids is 1. The summed E-state index contributed by atoms with van der Waals surface area (Å²) in [5.74, 6) is -0.188. The summed E-state index contributed by atoms with van der Waals surface area (Å²) in [6, 6.07) is 14.6. The number of halogens is 1. The van der Waals surface area contributed by atoms with Crippen molar-refractivity contribution >= 4 is 5.91 Å². The number of aromatic nitrogens is 3. The number of amides is 1. The van der Waals surface area contributed by atoms with E-state index in [1.807, 2.05) is 19.1 Å².